The minimum Gasteiger partial charge on any atom is -0.377 e. The summed E-state index contributed by atoms with van der Waals surface area (Å²) in [4.78, 5) is 0. The molecule has 4 aliphatic rings. The van der Waals surface area contributed by atoms with Crippen LogP contribution in [0.25, 0.3) is 0 Å². The van der Waals surface area contributed by atoms with Crippen molar-refractivity contribution in [1.82, 2.24) is 0 Å². The van der Waals surface area contributed by atoms with Crippen molar-refractivity contribution in [2.24, 2.45) is 118 Å². The van der Waals surface area contributed by atoms with Crippen molar-refractivity contribution in [3.8, 4) is 0 Å². The predicted octanol–water partition coefficient (Wildman–Crippen LogP) is 15.8. The van der Waals surface area contributed by atoms with Gasteiger partial charge < -0.3 is 9.47 Å². The fourth-order valence-electron chi connectivity index (χ4n) is 11.3. The van der Waals surface area contributed by atoms with E-state index in [-0.39, 0.29) is 0 Å². The van der Waals surface area contributed by atoms with Gasteiger partial charge in [0, 0.05) is 10.5 Å². The molecule has 0 aliphatic carbocycles. The van der Waals surface area contributed by atoms with Crippen molar-refractivity contribution in [1.29, 1.82) is 0 Å². The minimum atomic E-state index is 0.488. The van der Waals surface area contributed by atoms with Crippen molar-refractivity contribution in [2.45, 2.75) is 189 Å². The topological polar surface area (TPSA) is 18.5 Å². The van der Waals surface area contributed by atoms with Crippen LogP contribution in [0.5, 0.6) is 0 Å². The maximum atomic E-state index is 5.96. The highest BCUT2D eigenvalue weighted by Crippen LogP contribution is 2.49. The Kier molecular flexibility index (Phi) is 24.9. The van der Waals surface area contributed by atoms with Gasteiger partial charge in [0.05, 0.1) is 25.4 Å². The third kappa shape index (κ3) is 15.5. The largest absolute Gasteiger partial charge is 0.377 e. The van der Waals surface area contributed by atoms with E-state index < -0.39 is 0 Å². The monoisotopic (exact) mass is 825 g/mol. The number of thioether (sulfide) groups is 2. The summed E-state index contributed by atoms with van der Waals surface area (Å²) in [6.45, 7) is 58.4. The normalized spacial score (nSPS) is 33.6. The molecule has 0 spiro atoms. The lowest BCUT2D eigenvalue weighted by molar-refractivity contribution is 0.0433. The second-order valence-electron chi connectivity index (χ2n) is 23.1. The highest BCUT2D eigenvalue weighted by molar-refractivity contribution is 8.00. The van der Waals surface area contributed by atoms with Gasteiger partial charge in [-0.25, -0.2) is 0 Å². The van der Waals surface area contributed by atoms with Crippen molar-refractivity contribution in [3.05, 3.63) is 0 Å². The summed E-state index contributed by atoms with van der Waals surface area (Å²) < 4.78 is 11.9. The highest BCUT2D eigenvalue weighted by atomic mass is 32.2. The summed E-state index contributed by atoms with van der Waals surface area (Å²) in [7, 11) is 0. The lowest BCUT2D eigenvalue weighted by Gasteiger charge is -2.31. The smallest absolute Gasteiger partial charge is 0.0632 e. The fourth-order valence-corrected chi connectivity index (χ4v) is 15.7. The average molecular weight is 826 g/mol. The average Bonchev–Trinajstić information content (AvgIpc) is 3.88. The minimum absolute atomic E-state index is 0.488. The van der Waals surface area contributed by atoms with Crippen molar-refractivity contribution in [2.75, 3.05) is 24.7 Å². The molecule has 12 atom stereocenters. The molecular formula is C52H104O2S2. The Labute approximate surface area is 363 Å². The highest BCUT2D eigenvalue weighted by Gasteiger charge is 2.44. The maximum Gasteiger partial charge on any atom is 0.0632 e. The van der Waals surface area contributed by atoms with Gasteiger partial charge in [0.1, 0.15) is 0 Å². The molecule has 0 radical (unpaired) electrons. The molecule has 2 nitrogen and oxygen atoms in total. The summed E-state index contributed by atoms with van der Waals surface area (Å²) in [6.07, 6.45) is 0.977. The molecule has 56 heavy (non-hydrogen) atoms. The molecule has 0 aromatic carbocycles. The van der Waals surface area contributed by atoms with Gasteiger partial charge in [0.25, 0.3) is 0 Å². The van der Waals surface area contributed by atoms with Gasteiger partial charge in [-0.3, -0.25) is 0 Å². The van der Waals surface area contributed by atoms with Crippen molar-refractivity contribution in [3.63, 3.8) is 0 Å². The molecule has 336 valence electrons. The quantitative estimate of drug-likeness (QED) is 0.195. The number of ether oxygens (including phenoxy) is 2. The van der Waals surface area contributed by atoms with E-state index in [1.54, 1.807) is 0 Å². The van der Waals surface area contributed by atoms with Crippen LogP contribution in [0.2, 0.25) is 0 Å². The molecule has 4 aliphatic heterocycles. The Hall–Kier alpha value is 0.620. The molecule has 4 heteroatoms. The molecule has 0 aromatic rings. The van der Waals surface area contributed by atoms with E-state index in [0.717, 1.165) is 130 Å². The molecule has 12 unspecified atom stereocenters. The van der Waals surface area contributed by atoms with E-state index in [9.17, 15) is 0 Å². The predicted molar refractivity (Wildman–Crippen MR) is 258 cm³/mol. The van der Waals surface area contributed by atoms with Crippen LogP contribution in [0.3, 0.4) is 0 Å². The second-order valence-corrected chi connectivity index (χ2v) is 25.5. The summed E-state index contributed by atoms with van der Waals surface area (Å²) in [5.74, 6) is 19.1. The van der Waals surface area contributed by atoms with E-state index in [0.29, 0.717) is 24.0 Å². The van der Waals surface area contributed by atoms with Gasteiger partial charge in [-0.05, 0) is 130 Å². The molecule has 0 N–H and O–H groups in total. The molecule has 0 amide bonds. The van der Waals surface area contributed by atoms with Crippen molar-refractivity contribution >= 4 is 23.5 Å². The van der Waals surface area contributed by atoms with E-state index in [1.807, 2.05) is 0 Å². The standard InChI is InChI=1S/2C13H26O.2C13H26S/c4*1-8(2)11-7-14-13(10(5)6)12(11)9(3)4/h4*8-13H,7H2,1-6H3. The third-order valence-electron chi connectivity index (χ3n) is 14.6. The lowest BCUT2D eigenvalue weighted by Crippen LogP contribution is -2.31. The first-order valence-electron chi connectivity index (χ1n) is 24.3. The molecule has 0 saturated carbocycles. The zero-order chi connectivity index (χ0) is 43.5. The van der Waals surface area contributed by atoms with Crippen LogP contribution in [-0.4, -0.2) is 47.4 Å². The Balaban J connectivity index is 0.000000373. The van der Waals surface area contributed by atoms with Crippen LogP contribution < -0.4 is 0 Å². The second kappa shape index (κ2) is 25.5. The Morgan fingerprint density at radius 3 is 0.714 bits per heavy atom. The van der Waals surface area contributed by atoms with Crippen molar-refractivity contribution < 1.29 is 9.47 Å². The molecule has 0 aromatic heterocycles. The van der Waals surface area contributed by atoms with Gasteiger partial charge >= 0.3 is 0 Å². The lowest BCUT2D eigenvalue weighted by atomic mass is 9.74. The van der Waals surface area contributed by atoms with Crippen LogP contribution in [0, 0.1) is 118 Å². The Bertz CT molecular complexity index is 788. The molecule has 4 saturated heterocycles. The number of hydrogen-bond acceptors (Lipinski definition) is 4. The zero-order valence-corrected chi connectivity index (χ0v) is 44.0. The Morgan fingerprint density at radius 1 is 0.286 bits per heavy atom. The van der Waals surface area contributed by atoms with Gasteiger partial charge in [-0.2, -0.15) is 23.5 Å². The summed E-state index contributed by atoms with van der Waals surface area (Å²) in [5, 5.41) is 1.81. The van der Waals surface area contributed by atoms with Crippen LogP contribution >= 0.6 is 23.5 Å². The fraction of sp³-hybridized carbons (Fsp3) is 1.00. The van der Waals surface area contributed by atoms with E-state index in [1.165, 1.54) is 11.5 Å². The maximum absolute atomic E-state index is 5.96. The Morgan fingerprint density at radius 2 is 0.536 bits per heavy atom. The van der Waals surface area contributed by atoms with Gasteiger partial charge in [0.15, 0.2) is 0 Å². The van der Waals surface area contributed by atoms with Crippen LogP contribution in [0.15, 0.2) is 0 Å². The number of rotatable bonds is 12. The molecule has 0 bridgehead atoms. The van der Waals surface area contributed by atoms with Gasteiger partial charge in [0.2, 0.25) is 0 Å². The van der Waals surface area contributed by atoms with Crippen LogP contribution in [-0.2, 0) is 9.47 Å². The van der Waals surface area contributed by atoms with E-state index in [4.69, 9.17) is 9.47 Å². The summed E-state index contributed by atoms with van der Waals surface area (Å²) in [6, 6.07) is 0. The molecule has 4 heterocycles. The molecule has 4 rings (SSSR count). The zero-order valence-electron chi connectivity index (χ0n) is 42.3. The third-order valence-corrected chi connectivity index (χ3v) is 18.2. The van der Waals surface area contributed by atoms with Crippen LogP contribution in [0.1, 0.15) is 166 Å². The first-order chi connectivity index (χ1) is 25.8. The first-order valence-corrected chi connectivity index (χ1v) is 26.4. The molecular weight excluding hydrogens is 721 g/mol. The van der Waals surface area contributed by atoms with E-state index in [2.05, 4.69) is 190 Å². The van der Waals surface area contributed by atoms with Gasteiger partial charge in [-0.1, -0.05) is 166 Å². The van der Waals surface area contributed by atoms with E-state index >= 15 is 0 Å². The van der Waals surface area contributed by atoms with Gasteiger partial charge in [-0.15, -0.1) is 0 Å². The summed E-state index contributed by atoms with van der Waals surface area (Å²) >= 11 is 4.45. The molecule has 4 fully saturated rings. The number of hydrogen-bond donors (Lipinski definition) is 0. The summed E-state index contributed by atoms with van der Waals surface area (Å²) in [5.41, 5.74) is 0. The van der Waals surface area contributed by atoms with Crippen LogP contribution in [0.4, 0.5) is 0 Å². The SMILES string of the molecule is CC(C)C1COC(C(C)C)C1C(C)C.CC(C)C1COC(C(C)C)C1C(C)C.CC(C)C1CSC(C(C)C)C1C(C)C.CC(C)C1CSC(C(C)C)C1C(C)C. The first kappa shape index (κ1) is 54.6.